The van der Waals surface area contributed by atoms with Gasteiger partial charge in [0.15, 0.2) is 0 Å². The fraction of sp³-hybridized carbons (Fsp3) is 0.364. The molecular weight excluding hydrogens is 511 g/mol. The van der Waals surface area contributed by atoms with Crippen LogP contribution in [0.5, 0.6) is 0 Å². The van der Waals surface area contributed by atoms with Crippen molar-refractivity contribution in [2.24, 2.45) is 5.92 Å². The lowest BCUT2D eigenvalue weighted by Gasteiger charge is -2.31. The number of amides is 1. The van der Waals surface area contributed by atoms with Crippen LogP contribution in [0, 0.1) is 5.92 Å². The number of piperidine rings is 1. The molecule has 7 nitrogen and oxygen atoms in total. The van der Waals surface area contributed by atoms with E-state index in [1.165, 1.54) is 28.6 Å². The minimum Gasteiger partial charge on any atom is -0.462 e. The second kappa shape index (κ2) is 11.1. The predicted octanol–water partition coefficient (Wildman–Crippen LogP) is 5.00. The number of sulfonamides is 1. The number of nitrogens with zero attached hydrogens (tertiary/aromatic N) is 1. The third-order valence-electron chi connectivity index (χ3n) is 5.24. The largest absolute Gasteiger partial charge is 0.462 e. The number of halogens is 3. The van der Waals surface area contributed by atoms with Gasteiger partial charge in [0.2, 0.25) is 15.9 Å². The van der Waals surface area contributed by atoms with Crippen LogP contribution < -0.4 is 5.32 Å². The molecule has 178 valence electrons. The monoisotopic (exact) mass is 532 g/mol. The first-order valence-electron chi connectivity index (χ1n) is 10.3. The third-order valence-corrected chi connectivity index (χ3v) is 7.93. The number of nitrogens with one attached hydrogen (secondary N) is 1. The van der Waals surface area contributed by atoms with Crippen molar-refractivity contribution < 1.29 is 22.7 Å². The van der Waals surface area contributed by atoms with E-state index in [0.717, 1.165) is 0 Å². The molecule has 1 saturated heterocycles. The minimum absolute atomic E-state index is 0.0535. The molecule has 1 unspecified atom stereocenters. The molecule has 0 aliphatic carbocycles. The maximum Gasteiger partial charge on any atom is 0.338 e. The van der Waals surface area contributed by atoms with Gasteiger partial charge in [0, 0.05) is 23.1 Å². The highest BCUT2D eigenvalue weighted by Crippen LogP contribution is 2.28. The second-order valence-electron chi connectivity index (χ2n) is 7.59. The molecule has 2 aromatic rings. The second-order valence-corrected chi connectivity index (χ2v) is 10.8. The van der Waals surface area contributed by atoms with Crippen molar-refractivity contribution in [3.8, 4) is 0 Å². The van der Waals surface area contributed by atoms with Crippen molar-refractivity contribution in [2.75, 3.05) is 25.0 Å². The average molecular weight is 534 g/mol. The van der Waals surface area contributed by atoms with Gasteiger partial charge < -0.3 is 10.1 Å². The Morgan fingerprint density at radius 1 is 1.12 bits per heavy atom. The highest BCUT2D eigenvalue weighted by atomic mass is 35.5. The Bertz CT molecular complexity index is 1160. The summed E-state index contributed by atoms with van der Waals surface area (Å²) in [6.45, 7) is 2.32. The van der Waals surface area contributed by atoms with Crippen LogP contribution in [0.2, 0.25) is 15.1 Å². The summed E-state index contributed by atoms with van der Waals surface area (Å²) in [5.74, 6) is -1.68. The predicted molar refractivity (Wildman–Crippen MR) is 129 cm³/mol. The highest BCUT2D eigenvalue weighted by Gasteiger charge is 2.33. The van der Waals surface area contributed by atoms with Gasteiger partial charge in [-0.1, -0.05) is 40.9 Å². The molecular formula is C22H23Cl3N2O5S. The summed E-state index contributed by atoms with van der Waals surface area (Å²) in [4.78, 5) is 24.7. The van der Waals surface area contributed by atoms with Crippen LogP contribution in [0.3, 0.4) is 0 Å². The van der Waals surface area contributed by atoms with Crippen molar-refractivity contribution >= 4 is 62.4 Å². The number of carbonyl (C=O) groups excluding carboxylic acids is 2. The number of benzene rings is 2. The highest BCUT2D eigenvalue weighted by molar-refractivity contribution is 7.88. The lowest BCUT2D eigenvalue weighted by atomic mass is 9.98. The molecule has 3 rings (SSSR count). The first-order chi connectivity index (χ1) is 15.6. The molecule has 0 aromatic heterocycles. The van der Waals surface area contributed by atoms with Gasteiger partial charge in [-0.15, -0.1) is 0 Å². The smallest absolute Gasteiger partial charge is 0.338 e. The van der Waals surface area contributed by atoms with Crippen LogP contribution in [-0.2, 0) is 25.3 Å². The Morgan fingerprint density at radius 3 is 2.55 bits per heavy atom. The van der Waals surface area contributed by atoms with Crippen LogP contribution in [-0.4, -0.2) is 44.3 Å². The van der Waals surface area contributed by atoms with Crippen molar-refractivity contribution in [3.63, 3.8) is 0 Å². The van der Waals surface area contributed by atoms with Crippen LogP contribution >= 0.6 is 34.8 Å². The Kier molecular flexibility index (Phi) is 8.64. The van der Waals surface area contributed by atoms with Crippen LogP contribution in [0.1, 0.15) is 35.7 Å². The summed E-state index contributed by atoms with van der Waals surface area (Å²) >= 11 is 18.2. The maximum absolute atomic E-state index is 13.0. The topological polar surface area (TPSA) is 92.8 Å². The zero-order chi connectivity index (χ0) is 24.2. The number of hydrogen-bond donors (Lipinski definition) is 1. The van der Waals surface area contributed by atoms with Gasteiger partial charge in [-0.05, 0) is 55.7 Å². The summed E-state index contributed by atoms with van der Waals surface area (Å²) in [6.07, 6.45) is 1.08. The number of esters is 1. The molecule has 1 amide bonds. The van der Waals surface area contributed by atoms with E-state index in [0.29, 0.717) is 35.7 Å². The Labute approximate surface area is 208 Å². The summed E-state index contributed by atoms with van der Waals surface area (Å²) in [7, 11) is -3.69. The minimum atomic E-state index is -3.69. The molecule has 1 heterocycles. The lowest BCUT2D eigenvalue weighted by molar-refractivity contribution is -0.120. The Balaban J connectivity index is 1.67. The normalized spacial score (nSPS) is 16.9. The van der Waals surface area contributed by atoms with E-state index in [1.807, 2.05) is 0 Å². The van der Waals surface area contributed by atoms with Gasteiger partial charge in [-0.3, -0.25) is 4.79 Å². The van der Waals surface area contributed by atoms with Crippen molar-refractivity contribution in [1.82, 2.24) is 4.31 Å². The van der Waals surface area contributed by atoms with E-state index in [4.69, 9.17) is 39.5 Å². The summed E-state index contributed by atoms with van der Waals surface area (Å²) in [5, 5.41) is 3.62. The molecule has 1 atom stereocenters. The van der Waals surface area contributed by atoms with Crippen molar-refractivity contribution in [3.05, 3.63) is 62.6 Å². The van der Waals surface area contributed by atoms with Gasteiger partial charge >= 0.3 is 5.97 Å². The number of anilines is 1. The standard InChI is InChI=1S/C22H23Cl3N2O5S/c1-2-32-22(29)14-6-8-20(19(25)10-14)26-21(28)15-4-3-9-27(12-15)33(30,31)13-16-5-7-17(23)11-18(16)24/h5-8,10-11,15H,2-4,9,12-13H2,1H3,(H,26,28). The summed E-state index contributed by atoms with van der Waals surface area (Å²) in [6, 6.07) is 9.11. The van der Waals surface area contributed by atoms with Crippen LogP contribution in [0.25, 0.3) is 0 Å². The van der Waals surface area contributed by atoms with E-state index in [1.54, 1.807) is 19.1 Å². The van der Waals surface area contributed by atoms with Crippen LogP contribution in [0.4, 0.5) is 5.69 Å². The number of hydrogen-bond acceptors (Lipinski definition) is 5. The number of ether oxygens (including phenoxy) is 1. The Hall–Kier alpha value is -1.84. The molecule has 33 heavy (non-hydrogen) atoms. The molecule has 0 saturated carbocycles. The summed E-state index contributed by atoms with van der Waals surface area (Å²) in [5.41, 5.74) is 1.05. The zero-order valence-corrected chi connectivity index (χ0v) is 20.9. The molecule has 2 aromatic carbocycles. The molecule has 0 bridgehead atoms. The number of carbonyl (C=O) groups is 2. The fourth-order valence-electron chi connectivity index (χ4n) is 3.53. The molecule has 1 aliphatic heterocycles. The molecule has 11 heteroatoms. The van der Waals surface area contributed by atoms with Gasteiger partial charge in [-0.2, -0.15) is 0 Å². The van der Waals surface area contributed by atoms with E-state index >= 15 is 0 Å². The van der Waals surface area contributed by atoms with Crippen molar-refractivity contribution in [1.29, 1.82) is 0 Å². The third kappa shape index (κ3) is 6.61. The van der Waals surface area contributed by atoms with Gasteiger partial charge in [0.25, 0.3) is 0 Å². The molecule has 0 spiro atoms. The van der Waals surface area contributed by atoms with Gasteiger partial charge in [-0.25, -0.2) is 17.5 Å². The van der Waals surface area contributed by atoms with E-state index in [9.17, 15) is 18.0 Å². The molecule has 1 N–H and O–H groups in total. The zero-order valence-electron chi connectivity index (χ0n) is 17.8. The molecule has 0 radical (unpaired) electrons. The first kappa shape index (κ1) is 25.8. The maximum atomic E-state index is 13.0. The summed E-state index contributed by atoms with van der Waals surface area (Å²) < 4.78 is 32.2. The number of rotatable bonds is 7. The van der Waals surface area contributed by atoms with Crippen molar-refractivity contribution in [2.45, 2.75) is 25.5 Å². The lowest BCUT2D eigenvalue weighted by Crippen LogP contribution is -2.44. The average Bonchev–Trinajstić information content (AvgIpc) is 2.77. The molecule has 1 fully saturated rings. The quantitative estimate of drug-likeness (QED) is 0.505. The van der Waals surface area contributed by atoms with E-state index < -0.39 is 21.9 Å². The van der Waals surface area contributed by atoms with Crippen LogP contribution in [0.15, 0.2) is 36.4 Å². The van der Waals surface area contributed by atoms with Gasteiger partial charge in [0.1, 0.15) is 0 Å². The van der Waals surface area contributed by atoms with Gasteiger partial charge in [0.05, 0.1) is 34.6 Å². The fourth-order valence-corrected chi connectivity index (χ4v) is 5.95. The van der Waals surface area contributed by atoms with E-state index in [2.05, 4.69) is 5.32 Å². The first-order valence-corrected chi connectivity index (χ1v) is 13.0. The SMILES string of the molecule is CCOC(=O)c1ccc(NC(=O)C2CCCN(S(=O)(=O)Cc3ccc(Cl)cc3Cl)C2)c(Cl)c1. The Morgan fingerprint density at radius 2 is 1.88 bits per heavy atom. The van der Waals surface area contributed by atoms with E-state index in [-0.39, 0.29) is 40.4 Å². The molecule has 1 aliphatic rings.